The van der Waals surface area contributed by atoms with Gasteiger partial charge in [0.05, 0.1) is 21.8 Å². The Hall–Kier alpha value is -1.82. The highest BCUT2D eigenvalue weighted by molar-refractivity contribution is 7.18. The van der Waals surface area contributed by atoms with Crippen LogP contribution >= 0.6 is 11.3 Å². The average Bonchev–Trinajstić information content (AvgIpc) is 3.26. The first-order valence-electron chi connectivity index (χ1n) is 10.3. The summed E-state index contributed by atoms with van der Waals surface area (Å²) >= 11 is 1.85. The molecule has 0 amide bonds. The second-order valence-corrected chi connectivity index (χ2v) is 9.42. The number of hydrogen-bond acceptors (Lipinski definition) is 5. The fourth-order valence-corrected chi connectivity index (χ4v) is 6.00. The molecule has 28 heavy (non-hydrogen) atoms. The summed E-state index contributed by atoms with van der Waals surface area (Å²) < 4.78 is 1.27. The van der Waals surface area contributed by atoms with E-state index in [2.05, 4.69) is 47.1 Å². The van der Waals surface area contributed by atoms with E-state index in [1.165, 1.54) is 40.1 Å². The van der Waals surface area contributed by atoms with Gasteiger partial charge in [0.25, 0.3) is 0 Å². The predicted octanol–water partition coefficient (Wildman–Crippen LogP) is 4.68. The Morgan fingerprint density at radius 1 is 1.14 bits per heavy atom. The van der Waals surface area contributed by atoms with Gasteiger partial charge in [-0.15, -0.1) is 11.3 Å². The van der Waals surface area contributed by atoms with Crippen LogP contribution in [0.15, 0.2) is 30.3 Å². The molecule has 1 aliphatic heterocycles. The van der Waals surface area contributed by atoms with Crippen LogP contribution in [0.1, 0.15) is 48.0 Å². The first-order valence-corrected chi connectivity index (χ1v) is 11.2. The maximum atomic E-state index is 9.58. The molecule has 1 atom stereocenters. The minimum Gasteiger partial charge on any atom is -0.395 e. The Bertz CT molecular complexity index is 1010. The van der Waals surface area contributed by atoms with Crippen LogP contribution in [0.25, 0.3) is 21.3 Å². The quantitative estimate of drug-likeness (QED) is 0.699. The van der Waals surface area contributed by atoms with Crippen molar-refractivity contribution in [1.82, 2.24) is 14.9 Å². The molecule has 0 bridgehead atoms. The van der Waals surface area contributed by atoms with Gasteiger partial charge in [0, 0.05) is 35.0 Å². The Labute approximate surface area is 170 Å². The molecule has 3 aromatic rings. The number of aliphatic hydroxyl groups is 1. The van der Waals surface area contributed by atoms with E-state index in [-0.39, 0.29) is 0 Å². The number of rotatable bonds is 4. The van der Waals surface area contributed by atoms with Gasteiger partial charge in [-0.1, -0.05) is 12.1 Å². The molecule has 0 radical (unpaired) electrons. The zero-order valence-corrected chi connectivity index (χ0v) is 17.4. The lowest BCUT2D eigenvalue weighted by Gasteiger charge is -2.42. The minimum atomic E-state index is 0.304. The lowest BCUT2D eigenvalue weighted by atomic mass is 9.79. The summed E-state index contributed by atoms with van der Waals surface area (Å²) in [6.07, 6.45) is 4.74. The number of nitrogens with zero attached hydrogens (tertiary/aromatic N) is 3. The summed E-state index contributed by atoms with van der Waals surface area (Å²) in [6, 6.07) is 11.9. The second kappa shape index (κ2) is 7.21. The molecular weight excluding hydrogens is 366 g/mol. The molecule has 2 fully saturated rings. The molecule has 4 nitrogen and oxygen atoms in total. The number of likely N-dealkylation sites (tertiary alicyclic amines) is 1. The van der Waals surface area contributed by atoms with Crippen molar-refractivity contribution in [3.63, 3.8) is 0 Å². The molecule has 5 rings (SSSR count). The first-order chi connectivity index (χ1) is 13.6. The molecule has 1 saturated carbocycles. The van der Waals surface area contributed by atoms with E-state index in [0.717, 1.165) is 29.9 Å². The lowest BCUT2D eigenvalue weighted by Crippen LogP contribution is -2.47. The number of aliphatic hydroxyl groups excluding tert-OH is 1. The topological polar surface area (TPSA) is 49.2 Å². The third-order valence-corrected chi connectivity index (χ3v) is 7.69. The van der Waals surface area contributed by atoms with Crippen molar-refractivity contribution in [3.8, 4) is 11.1 Å². The van der Waals surface area contributed by atoms with Gasteiger partial charge in [0.2, 0.25) is 0 Å². The van der Waals surface area contributed by atoms with E-state index in [4.69, 9.17) is 4.98 Å². The van der Waals surface area contributed by atoms with Crippen molar-refractivity contribution in [3.05, 3.63) is 46.7 Å². The van der Waals surface area contributed by atoms with Gasteiger partial charge >= 0.3 is 0 Å². The summed E-state index contributed by atoms with van der Waals surface area (Å²) in [6.45, 7) is 5.57. The zero-order valence-electron chi connectivity index (χ0n) is 16.6. The van der Waals surface area contributed by atoms with Crippen LogP contribution in [-0.4, -0.2) is 45.2 Å². The third-order valence-electron chi connectivity index (χ3n) is 6.51. The standard InChI is InChI=1S/C23H27N3OS/c1-14-5-7-20(15(2)24-14)16-6-8-21-22(12-16)28-23(25-21)17-10-19(11-17)26-9-3-4-18(26)13-27/h5-8,12,17-19,27H,3-4,9-11,13H2,1-2H3/t17?,18-,19?/m0/s1. The van der Waals surface area contributed by atoms with Gasteiger partial charge in [0.1, 0.15) is 0 Å². The van der Waals surface area contributed by atoms with Gasteiger partial charge in [0.15, 0.2) is 0 Å². The molecule has 0 unspecified atom stereocenters. The van der Waals surface area contributed by atoms with E-state index >= 15 is 0 Å². The summed E-state index contributed by atoms with van der Waals surface area (Å²) in [5.74, 6) is 0.577. The molecule has 1 aromatic carbocycles. The predicted molar refractivity (Wildman–Crippen MR) is 115 cm³/mol. The van der Waals surface area contributed by atoms with E-state index < -0.39 is 0 Å². The SMILES string of the molecule is Cc1ccc(-c2ccc3nc(C4CC(N5CCC[C@H]5CO)C4)sc3c2)c(C)n1. The Balaban J connectivity index is 1.35. The van der Waals surface area contributed by atoms with Crippen molar-refractivity contribution in [2.45, 2.75) is 57.5 Å². The highest BCUT2D eigenvalue weighted by Crippen LogP contribution is 2.44. The summed E-state index contributed by atoms with van der Waals surface area (Å²) in [5.41, 5.74) is 5.68. The summed E-state index contributed by atoms with van der Waals surface area (Å²) in [7, 11) is 0. The Morgan fingerprint density at radius 3 is 2.79 bits per heavy atom. The van der Waals surface area contributed by atoms with Crippen molar-refractivity contribution >= 4 is 21.6 Å². The van der Waals surface area contributed by atoms with Crippen LogP contribution in [0.5, 0.6) is 0 Å². The fourth-order valence-electron chi connectivity index (χ4n) is 4.87. The van der Waals surface area contributed by atoms with Gasteiger partial charge in [-0.25, -0.2) is 4.98 Å². The summed E-state index contributed by atoms with van der Waals surface area (Å²) in [4.78, 5) is 12.1. The molecule has 1 aliphatic carbocycles. The van der Waals surface area contributed by atoms with Gasteiger partial charge in [-0.3, -0.25) is 9.88 Å². The monoisotopic (exact) mass is 393 g/mol. The molecule has 1 saturated heterocycles. The van der Waals surface area contributed by atoms with Crippen LogP contribution in [0, 0.1) is 13.8 Å². The first kappa shape index (κ1) is 18.2. The number of thiazole rings is 1. The minimum absolute atomic E-state index is 0.304. The average molecular weight is 394 g/mol. The normalized spacial score (nSPS) is 25.3. The molecule has 1 N–H and O–H groups in total. The highest BCUT2D eigenvalue weighted by atomic mass is 32.1. The lowest BCUT2D eigenvalue weighted by molar-refractivity contribution is 0.0662. The maximum absolute atomic E-state index is 9.58. The fraction of sp³-hybridized carbons (Fsp3) is 0.478. The summed E-state index contributed by atoms with van der Waals surface area (Å²) in [5, 5.41) is 10.9. The second-order valence-electron chi connectivity index (χ2n) is 8.36. The number of aromatic nitrogens is 2. The van der Waals surface area contributed by atoms with E-state index in [9.17, 15) is 5.11 Å². The molecule has 2 aliphatic rings. The maximum Gasteiger partial charge on any atom is 0.0970 e. The van der Waals surface area contributed by atoms with Crippen LogP contribution in [0.2, 0.25) is 0 Å². The molecular formula is C23H27N3OS. The van der Waals surface area contributed by atoms with Crippen LogP contribution in [0.4, 0.5) is 0 Å². The Morgan fingerprint density at radius 2 is 2.00 bits per heavy atom. The van der Waals surface area contributed by atoms with Gasteiger partial charge in [-0.2, -0.15) is 0 Å². The van der Waals surface area contributed by atoms with Crippen LogP contribution in [0.3, 0.4) is 0 Å². The number of hydrogen-bond donors (Lipinski definition) is 1. The molecule has 3 heterocycles. The van der Waals surface area contributed by atoms with Gasteiger partial charge in [-0.05, 0) is 69.8 Å². The highest BCUT2D eigenvalue weighted by Gasteiger charge is 2.40. The van der Waals surface area contributed by atoms with Crippen LogP contribution < -0.4 is 0 Å². The largest absolute Gasteiger partial charge is 0.395 e. The van der Waals surface area contributed by atoms with Crippen molar-refractivity contribution < 1.29 is 5.11 Å². The number of benzene rings is 1. The molecule has 5 heteroatoms. The van der Waals surface area contributed by atoms with Crippen molar-refractivity contribution in [1.29, 1.82) is 0 Å². The van der Waals surface area contributed by atoms with Crippen molar-refractivity contribution in [2.75, 3.05) is 13.2 Å². The van der Waals surface area contributed by atoms with Crippen LogP contribution in [-0.2, 0) is 0 Å². The number of pyridine rings is 1. The zero-order chi connectivity index (χ0) is 19.3. The van der Waals surface area contributed by atoms with Crippen molar-refractivity contribution in [2.24, 2.45) is 0 Å². The van der Waals surface area contributed by atoms with E-state index in [1.807, 2.05) is 18.3 Å². The third kappa shape index (κ3) is 3.15. The van der Waals surface area contributed by atoms with Gasteiger partial charge < -0.3 is 5.11 Å². The smallest absolute Gasteiger partial charge is 0.0970 e. The molecule has 146 valence electrons. The Kier molecular flexibility index (Phi) is 4.69. The molecule has 0 spiro atoms. The number of aryl methyl sites for hydroxylation is 2. The van der Waals surface area contributed by atoms with E-state index in [0.29, 0.717) is 24.6 Å². The van der Waals surface area contributed by atoms with E-state index in [1.54, 1.807) is 0 Å². The molecule has 2 aromatic heterocycles. The number of fused-ring (bicyclic) bond motifs is 1.